The van der Waals surface area contributed by atoms with Gasteiger partial charge >= 0.3 is 5.97 Å². The first kappa shape index (κ1) is 20.7. The van der Waals surface area contributed by atoms with E-state index in [0.29, 0.717) is 23.6 Å². The Hall–Kier alpha value is -2.61. The standard InChI is InChI=1S/C22H25N3O4S/c1-2-3-11-29-21(28)14-7-9-15(10-8-14)23-19(26)12-16-13-30-22-24-18-6-4-5-17(18)20(27)25(16)22/h7-10,16H,2-6,11-13H2,1H3,(H,23,26). The van der Waals surface area contributed by atoms with Gasteiger partial charge in [0, 0.05) is 23.4 Å². The van der Waals surface area contributed by atoms with E-state index in [1.807, 2.05) is 6.92 Å². The number of thioether (sulfide) groups is 1. The average molecular weight is 428 g/mol. The second-order valence-electron chi connectivity index (χ2n) is 7.63. The second kappa shape index (κ2) is 9.04. The smallest absolute Gasteiger partial charge is 0.338 e. The van der Waals surface area contributed by atoms with E-state index in [2.05, 4.69) is 10.3 Å². The van der Waals surface area contributed by atoms with Crippen molar-refractivity contribution >= 4 is 29.3 Å². The van der Waals surface area contributed by atoms with Gasteiger partial charge in [-0.3, -0.25) is 14.2 Å². The molecule has 1 unspecified atom stereocenters. The molecule has 30 heavy (non-hydrogen) atoms. The Morgan fingerprint density at radius 3 is 2.83 bits per heavy atom. The van der Waals surface area contributed by atoms with Crippen molar-refractivity contribution < 1.29 is 14.3 Å². The monoisotopic (exact) mass is 427 g/mol. The van der Waals surface area contributed by atoms with Crippen LogP contribution in [0.4, 0.5) is 5.69 Å². The van der Waals surface area contributed by atoms with Gasteiger partial charge in [0.15, 0.2) is 5.16 Å². The lowest BCUT2D eigenvalue weighted by Gasteiger charge is -2.14. The van der Waals surface area contributed by atoms with E-state index < -0.39 is 0 Å². The highest BCUT2D eigenvalue weighted by molar-refractivity contribution is 7.99. The third-order valence-corrected chi connectivity index (χ3v) is 6.53. The van der Waals surface area contributed by atoms with E-state index in [4.69, 9.17) is 4.74 Å². The largest absolute Gasteiger partial charge is 0.462 e. The maximum absolute atomic E-state index is 12.8. The zero-order chi connectivity index (χ0) is 21.1. The van der Waals surface area contributed by atoms with E-state index in [-0.39, 0.29) is 29.9 Å². The predicted molar refractivity (Wildman–Crippen MR) is 115 cm³/mol. The molecular weight excluding hydrogens is 402 g/mol. The van der Waals surface area contributed by atoms with Crippen LogP contribution in [-0.2, 0) is 22.4 Å². The van der Waals surface area contributed by atoms with Crippen LogP contribution in [0.1, 0.15) is 60.3 Å². The zero-order valence-corrected chi connectivity index (χ0v) is 17.8. The molecule has 1 aliphatic heterocycles. The zero-order valence-electron chi connectivity index (χ0n) is 17.0. The molecule has 1 amide bonds. The normalized spacial score (nSPS) is 16.8. The summed E-state index contributed by atoms with van der Waals surface area (Å²) in [4.78, 5) is 42.0. The number of aromatic nitrogens is 2. The van der Waals surface area contributed by atoms with Gasteiger partial charge in [-0.15, -0.1) is 0 Å². The molecule has 1 aromatic heterocycles. The minimum Gasteiger partial charge on any atom is -0.462 e. The fraction of sp³-hybridized carbons (Fsp3) is 0.455. The molecule has 2 aliphatic rings. The quantitative estimate of drug-likeness (QED) is 0.414. The van der Waals surface area contributed by atoms with Crippen LogP contribution >= 0.6 is 11.8 Å². The van der Waals surface area contributed by atoms with E-state index in [0.717, 1.165) is 48.5 Å². The Bertz CT molecular complexity index is 1020. The summed E-state index contributed by atoms with van der Waals surface area (Å²) in [6.07, 6.45) is 4.63. The van der Waals surface area contributed by atoms with Gasteiger partial charge in [0.25, 0.3) is 5.56 Å². The molecule has 0 saturated heterocycles. The number of nitrogens with one attached hydrogen (secondary N) is 1. The van der Waals surface area contributed by atoms with Gasteiger partial charge < -0.3 is 10.1 Å². The molecular formula is C22H25N3O4S. The molecule has 8 heteroatoms. The van der Waals surface area contributed by atoms with Gasteiger partial charge in [-0.05, 0) is 49.9 Å². The van der Waals surface area contributed by atoms with Gasteiger partial charge in [0.05, 0.1) is 23.9 Å². The Morgan fingerprint density at radius 1 is 1.27 bits per heavy atom. The Morgan fingerprint density at radius 2 is 2.07 bits per heavy atom. The van der Waals surface area contributed by atoms with Crippen LogP contribution in [-0.4, -0.2) is 33.8 Å². The van der Waals surface area contributed by atoms with Crippen molar-refractivity contribution in [2.24, 2.45) is 0 Å². The highest BCUT2D eigenvalue weighted by Gasteiger charge is 2.31. The number of carbonyl (C=O) groups is 2. The predicted octanol–water partition coefficient (Wildman–Crippen LogP) is 3.36. The molecule has 4 rings (SSSR count). The number of hydrogen-bond acceptors (Lipinski definition) is 6. The van der Waals surface area contributed by atoms with Crippen molar-refractivity contribution in [3.63, 3.8) is 0 Å². The van der Waals surface area contributed by atoms with Gasteiger partial charge in [-0.25, -0.2) is 9.78 Å². The number of nitrogens with zero attached hydrogens (tertiary/aromatic N) is 2. The molecule has 0 fully saturated rings. The lowest BCUT2D eigenvalue weighted by Crippen LogP contribution is -2.30. The van der Waals surface area contributed by atoms with E-state index >= 15 is 0 Å². The van der Waals surface area contributed by atoms with Crippen LogP contribution in [0.15, 0.2) is 34.2 Å². The minimum atomic E-state index is -0.361. The van der Waals surface area contributed by atoms with Crippen LogP contribution in [0.2, 0.25) is 0 Å². The third-order valence-electron chi connectivity index (χ3n) is 5.43. The number of anilines is 1. The number of unbranched alkanes of at least 4 members (excludes halogenated alkanes) is 1. The minimum absolute atomic E-state index is 0.0150. The summed E-state index contributed by atoms with van der Waals surface area (Å²) in [7, 11) is 0. The number of hydrogen-bond donors (Lipinski definition) is 1. The lowest BCUT2D eigenvalue weighted by molar-refractivity contribution is -0.116. The van der Waals surface area contributed by atoms with Crippen molar-refractivity contribution in [1.82, 2.24) is 9.55 Å². The topological polar surface area (TPSA) is 90.3 Å². The van der Waals surface area contributed by atoms with Crippen molar-refractivity contribution in [2.75, 3.05) is 17.7 Å². The Labute approximate surface area is 179 Å². The summed E-state index contributed by atoms with van der Waals surface area (Å²) in [5.74, 6) is 0.139. The van der Waals surface area contributed by atoms with Gasteiger partial charge in [-0.2, -0.15) is 0 Å². The third kappa shape index (κ3) is 4.28. The van der Waals surface area contributed by atoms with Crippen LogP contribution in [0, 0.1) is 0 Å². The first-order chi connectivity index (χ1) is 14.6. The maximum Gasteiger partial charge on any atom is 0.338 e. The van der Waals surface area contributed by atoms with Gasteiger partial charge in [0.1, 0.15) is 0 Å². The van der Waals surface area contributed by atoms with Crippen LogP contribution in [0.25, 0.3) is 0 Å². The van der Waals surface area contributed by atoms with Crippen molar-refractivity contribution in [3.05, 3.63) is 51.4 Å². The van der Waals surface area contributed by atoms with Crippen molar-refractivity contribution in [2.45, 2.75) is 56.6 Å². The SMILES string of the molecule is CCCCOC(=O)c1ccc(NC(=O)CC2CSc3nc4c(c(=O)n32)CCC4)cc1. The summed E-state index contributed by atoms with van der Waals surface area (Å²) in [5.41, 5.74) is 2.82. The van der Waals surface area contributed by atoms with E-state index in [1.54, 1.807) is 28.8 Å². The molecule has 1 atom stereocenters. The molecule has 1 N–H and O–H groups in total. The number of aryl methyl sites for hydroxylation is 1. The lowest BCUT2D eigenvalue weighted by atomic mass is 10.1. The van der Waals surface area contributed by atoms with Gasteiger partial charge in [-0.1, -0.05) is 25.1 Å². The molecule has 0 saturated carbocycles. The second-order valence-corrected chi connectivity index (χ2v) is 8.62. The molecule has 0 radical (unpaired) electrons. The fourth-order valence-electron chi connectivity index (χ4n) is 3.81. The van der Waals surface area contributed by atoms with Crippen molar-refractivity contribution in [3.8, 4) is 0 Å². The van der Waals surface area contributed by atoms with E-state index in [1.165, 1.54) is 11.8 Å². The molecule has 0 bridgehead atoms. The molecule has 1 aromatic carbocycles. The number of esters is 1. The molecule has 2 heterocycles. The Balaban J connectivity index is 1.37. The summed E-state index contributed by atoms with van der Waals surface area (Å²) in [5, 5.41) is 3.58. The van der Waals surface area contributed by atoms with Crippen LogP contribution in [0.5, 0.6) is 0 Å². The number of ether oxygens (including phenoxy) is 1. The molecule has 7 nitrogen and oxygen atoms in total. The summed E-state index contributed by atoms with van der Waals surface area (Å²) in [6.45, 7) is 2.44. The number of rotatable bonds is 7. The van der Waals surface area contributed by atoms with Gasteiger partial charge in [0.2, 0.25) is 5.91 Å². The van der Waals surface area contributed by atoms with E-state index in [9.17, 15) is 14.4 Å². The molecule has 0 spiro atoms. The molecule has 158 valence electrons. The maximum atomic E-state index is 12.8. The number of fused-ring (bicyclic) bond motifs is 2. The number of benzene rings is 1. The number of carbonyl (C=O) groups excluding carboxylic acids is 2. The van der Waals surface area contributed by atoms with Crippen LogP contribution < -0.4 is 10.9 Å². The average Bonchev–Trinajstić information content (AvgIpc) is 3.36. The first-order valence-corrected chi connectivity index (χ1v) is 11.4. The van der Waals surface area contributed by atoms with Crippen molar-refractivity contribution in [1.29, 1.82) is 0 Å². The number of amides is 1. The summed E-state index contributed by atoms with van der Waals surface area (Å²) < 4.78 is 6.89. The Kier molecular flexibility index (Phi) is 6.22. The highest BCUT2D eigenvalue weighted by Crippen LogP contribution is 2.34. The molecule has 1 aliphatic carbocycles. The fourth-order valence-corrected chi connectivity index (χ4v) is 4.96. The summed E-state index contributed by atoms with van der Waals surface area (Å²) in [6, 6.07) is 6.46. The first-order valence-electron chi connectivity index (χ1n) is 10.4. The highest BCUT2D eigenvalue weighted by atomic mass is 32.2. The summed E-state index contributed by atoms with van der Waals surface area (Å²) >= 11 is 1.54. The molecule has 2 aromatic rings. The van der Waals surface area contributed by atoms with Crippen LogP contribution in [0.3, 0.4) is 0 Å².